The third kappa shape index (κ3) is 5.06. The second-order valence-electron chi connectivity index (χ2n) is 6.73. The van der Waals surface area contributed by atoms with E-state index < -0.39 is 0 Å². The molecule has 0 aliphatic rings. The van der Waals surface area contributed by atoms with E-state index in [2.05, 4.69) is 51.0 Å². The lowest BCUT2D eigenvalue weighted by atomic mass is 10.1. The van der Waals surface area contributed by atoms with Crippen LogP contribution in [0.5, 0.6) is 0 Å². The molecule has 4 heteroatoms. The fourth-order valence-corrected chi connectivity index (χ4v) is 2.21. The second-order valence-corrected chi connectivity index (χ2v) is 6.73. The Bertz CT molecular complexity index is 550. The van der Waals surface area contributed by atoms with Crippen molar-refractivity contribution in [3.05, 3.63) is 47.3 Å². The van der Waals surface area contributed by atoms with Gasteiger partial charge < -0.3 is 14.2 Å². The van der Waals surface area contributed by atoms with Crippen LogP contribution in [0.1, 0.15) is 43.4 Å². The first-order valence-electron chi connectivity index (χ1n) is 7.36. The van der Waals surface area contributed by atoms with Gasteiger partial charge in [-0.2, -0.15) is 0 Å². The van der Waals surface area contributed by atoms with Crippen molar-refractivity contribution < 1.29 is 8.83 Å². The molecule has 0 fully saturated rings. The molecule has 0 amide bonds. The van der Waals surface area contributed by atoms with Crippen LogP contribution in [0.3, 0.4) is 0 Å². The van der Waals surface area contributed by atoms with Crippen LogP contribution in [0.2, 0.25) is 0 Å². The van der Waals surface area contributed by atoms with Gasteiger partial charge in [-0.1, -0.05) is 0 Å². The summed E-state index contributed by atoms with van der Waals surface area (Å²) in [6, 6.07) is 4.12. The second kappa shape index (κ2) is 6.50. The lowest BCUT2D eigenvalue weighted by Crippen LogP contribution is -2.35. The maximum Gasteiger partial charge on any atom is 0.120 e. The van der Waals surface area contributed by atoms with Gasteiger partial charge in [0.1, 0.15) is 11.5 Å². The molecule has 116 valence electrons. The Morgan fingerprint density at radius 2 is 2.00 bits per heavy atom. The Labute approximate surface area is 127 Å². The molecule has 0 unspecified atom stereocenters. The van der Waals surface area contributed by atoms with E-state index in [1.807, 2.05) is 6.07 Å². The van der Waals surface area contributed by atoms with Gasteiger partial charge in [0, 0.05) is 17.6 Å². The molecule has 1 N–H and O–H groups in total. The molecule has 0 radical (unpaired) electrons. The molecule has 2 heterocycles. The molecule has 0 saturated carbocycles. The third-order valence-corrected chi connectivity index (χ3v) is 3.31. The van der Waals surface area contributed by atoms with Gasteiger partial charge >= 0.3 is 0 Å². The van der Waals surface area contributed by atoms with E-state index >= 15 is 0 Å². The highest BCUT2D eigenvalue weighted by atomic mass is 16.3. The van der Waals surface area contributed by atoms with Crippen LogP contribution < -0.4 is 5.32 Å². The molecule has 2 rings (SSSR count). The molecule has 0 aromatic carbocycles. The SMILES string of the molecule is Cc1cc(CN(C)Cc2ccoc2)oc1CNC(C)(C)C. The van der Waals surface area contributed by atoms with Crippen LogP contribution in [0.4, 0.5) is 0 Å². The molecular formula is C17H26N2O2. The minimum absolute atomic E-state index is 0.0947. The highest BCUT2D eigenvalue weighted by Gasteiger charge is 2.14. The number of aryl methyl sites for hydroxylation is 1. The van der Waals surface area contributed by atoms with Crippen LogP contribution in [0, 0.1) is 6.92 Å². The Kier molecular flexibility index (Phi) is 4.91. The van der Waals surface area contributed by atoms with Crippen molar-refractivity contribution >= 4 is 0 Å². The highest BCUT2D eigenvalue weighted by Crippen LogP contribution is 2.18. The van der Waals surface area contributed by atoms with E-state index in [0.717, 1.165) is 31.2 Å². The molecule has 0 spiro atoms. The average Bonchev–Trinajstić information content (AvgIpc) is 2.96. The number of nitrogens with one attached hydrogen (secondary N) is 1. The van der Waals surface area contributed by atoms with Crippen molar-refractivity contribution in [1.29, 1.82) is 0 Å². The van der Waals surface area contributed by atoms with Crippen molar-refractivity contribution in [2.24, 2.45) is 0 Å². The smallest absolute Gasteiger partial charge is 0.120 e. The van der Waals surface area contributed by atoms with Crippen molar-refractivity contribution in [3.63, 3.8) is 0 Å². The van der Waals surface area contributed by atoms with Gasteiger partial charge in [0.15, 0.2) is 0 Å². The van der Waals surface area contributed by atoms with Gasteiger partial charge in [0.2, 0.25) is 0 Å². The largest absolute Gasteiger partial charge is 0.472 e. The molecule has 0 aliphatic heterocycles. The van der Waals surface area contributed by atoms with E-state index in [1.54, 1.807) is 12.5 Å². The molecule has 21 heavy (non-hydrogen) atoms. The normalized spacial score (nSPS) is 12.3. The molecule has 0 aliphatic carbocycles. The van der Waals surface area contributed by atoms with E-state index in [4.69, 9.17) is 8.83 Å². The standard InChI is InChI=1S/C17H26N2O2/c1-13-8-15(21-16(13)9-18-17(2,3)4)11-19(5)10-14-6-7-20-12-14/h6-8,12,18H,9-11H2,1-5H3. The summed E-state index contributed by atoms with van der Waals surface area (Å²) >= 11 is 0. The van der Waals surface area contributed by atoms with Crippen LogP contribution in [-0.4, -0.2) is 17.5 Å². The highest BCUT2D eigenvalue weighted by molar-refractivity contribution is 5.20. The van der Waals surface area contributed by atoms with Gasteiger partial charge in [-0.05, 0) is 52.4 Å². The first-order chi connectivity index (χ1) is 9.83. The number of furan rings is 2. The Balaban J connectivity index is 1.92. The van der Waals surface area contributed by atoms with Crippen LogP contribution >= 0.6 is 0 Å². The summed E-state index contributed by atoms with van der Waals surface area (Å²) in [5.74, 6) is 2.03. The summed E-state index contributed by atoms with van der Waals surface area (Å²) in [6.07, 6.45) is 3.49. The van der Waals surface area contributed by atoms with Gasteiger partial charge in [-0.3, -0.25) is 4.90 Å². The molecule has 2 aromatic rings. The Morgan fingerprint density at radius 1 is 1.24 bits per heavy atom. The average molecular weight is 290 g/mol. The summed E-state index contributed by atoms with van der Waals surface area (Å²) in [6.45, 7) is 11.0. The van der Waals surface area contributed by atoms with Crippen molar-refractivity contribution in [2.45, 2.75) is 52.9 Å². The first-order valence-corrected chi connectivity index (χ1v) is 7.36. The monoisotopic (exact) mass is 290 g/mol. The Hall–Kier alpha value is -1.52. The van der Waals surface area contributed by atoms with E-state index in [9.17, 15) is 0 Å². The van der Waals surface area contributed by atoms with E-state index in [-0.39, 0.29) is 5.54 Å². The number of nitrogens with zero attached hydrogens (tertiary/aromatic N) is 1. The summed E-state index contributed by atoms with van der Waals surface area (Å²) < 4.78 is 11.1. The Morgan fingerprint density at radius 3 is 2.62 bits per heavy atom. The molecule has 0 bridgehead atoms. The lowest BCUT2D eigenvalue weighted by Gasteiger charge is -2.19. The summed E-state index contributed by atoms with van der Waals surface area (Å²) in [7, 11) is 2.08. The zero-order valence-electron chi connectivity index (χ0n) is 13.7. The van der Waals surface area contributed by atoms with Crippen molar-refractivity contribution in [2.75, 3.05) is 7.05 Å². The van der Waals surface area contributed by atoms with Gasteiger partial charge in [0.25, 0.3) is 0 Å². The van der Waals surface area contributed by atoms with E-state index in [0.29, 0.717) is 0 Å². The van der Waals surface area contributed by atoms with Crippen LogP contribution in [-0.2, 0) is 19.6 Å². The molecule has 2 aromatic heterocycles. The van der Waals surface area contributed by atoms with Crippen molar-refractivity contribution in [3.8, 4) is 0 Å². The maximum absolute atomic E-state index is 5.97. The maximum atomic E-state index is 5.97. The molecule has 0 saturated heterocycles. The van der Waals surface area contributed by atoms with Crippen molar-refractivity contribution in [1.82, 2.24) is 10.2 Å². The predicted molar refractivity (Wildman–Crippen MR) is 83.9 cm³/mol. The number of rotatable bonds is 6. The van der Waals surface area contributed by atoms with E-state index in [1.165, 1.54) is 11.1 Å². The minimum Gasteiger partial charge on any atom is -0.472 e. The fraction of sp³-hybridized carbons (Fsp3) is 0.529. The third-order valence-electron chi connectivity index (χ3n) is 3.31. The van der Waals surface area contributed by atoms with Crippen LogP contribution in [0.15, 0.2) is 33.5 Å². The molecule has 4 nitrogen and oxygen atoms in total. The zero-order valence-corrected chi connectivity index (χ0v) is 13.7. The van der Waals surface area contributed by atoms with Gasteiger partial charge in [0.05, 0.1) is 25.6 Å². The summed E-state index contributed by atoms with van der Waals surface area (Å²) in [5, 5.41) is 3.46. The van der Waals surface area contributed by atoms with Gasteiger partial charge in [-0.15, -0.1) is 0 Å². The first kappa shape index (κ1) is 15.9. The van der Waals surface area contributed by atoms with Gasteiger partial charge in [-0.25, -0.2) is 0 Å². The lowest BCUT2D eigenvalue weighted by molar-refractivity contribution is 0.279. The number of hydrogen-bond donors (Lipinski definition) is 1. The number of hydrogen-bond acceptors (Lipinski definition) is 4. The quantitative estimate of drug-likeness (QED) is 0.880. The summed E-state index contributed by atoms with van der Waals surface area (Å²) in [5.41, 5.74) is 2.48. The minimum atomic E-state index is 0.0947. The predicted octanol–water partition coefficient (Wildman–Crippen LogP) is 3.70. The fourth-order valence-electron chi connectivity index (χ4n) is 2.21. The molecular weight excluding hydrogens is 264 g/mol. The molecule has 0 atom stereocenters. The topological polar surface area (TPSA) is 41.6 Å². The van der Waals surface area contributed by atoms with Crippen LogP contribution in [0.25, 0.3) is 0 Å². The zero-order chi connectivity index (χ0) is 15.5. The summed E-state index contributed by atoms with van der Waals surface area (Å²) in [4.78, 5) is 2.21.